The largest absolute Gasteiger partial charge is 0.378 e. The molecule has 0 unspecified atom stereocenters. The predicted octanol–water partition coefficient (Wildman–Crippen LogP) is 2.94. The molecule has 0 saturated carbocycles. The number of hydrogen-bond acceptors (Lipinski definition) is 6. The summed E-state index contributed by atoms with van der Waals surface area (Å²) < 4.78 is 8.47. The van der Waals surface area contributed by atoms with Gasteiger partial charge in [-0.1, -0.05) is 27.7 Å². The fourth-order valence-electron chi connectivity index (χ4n) is 2.71. The van der Waals surface area contributed by atoms with Crippen LogP contribution in [-0.2, 0) is 16.1 Å². The summed E-state index contributed by atoms with van der Waals surface area (Å²) in [5, 5.41) is 12.3. The number of nitrogens with zero attached hydrogens (tertiary/aromatic N) is 4. The Balaban J connectivity index is 1.61. The van der Waals surface area contributed by atoms with Crippen molar-refractivity contribution < 1.29 is 9.53 Å². The number of aromatic nitrogens is 3. The maximum atomic E-state index is 12.3. The number of anilines is 2. The Hall–Kier alpha value is -1.58. The average Bonchev–Trinajstić information content (AvgIpc) is 3.07. The second kappa shape index (κ2) is 8.88. The lowest BCUT2D eigenvalue weighted by molar-refractivity contribution is -0.113. The van der Waals surface area contributed by atoms with E-state index in [-0.39, 0.29) is 11.7 Å². The lowest BCUT2D eigenvalue weighted by atomic mass is 10.2. The zero-order chi connectivity index (χ0) is 18.5. The van der Waals surface area contributed by atoms with Gasteiger partial charge in [0.25, 0.3) is 0 Å². The molecule has 1 saturated heterocycles. The fourth-order valence-corrected chi connectivity index (χ4v) is 3.76. The van der Waals surface area contributed by atoms with Crippen LogP contribution in [0.3, 0.4) is 0 Å². The van der Waals surface area contributed by atoms with E-state index >= 15 is 0 Å². The van der Waals surface area contributed by atoms with Gasteiger partial charge in [0.15, 0.2) is 5.16 Å². The first kappa shape index (κ1) is 19.2. The van der Waals surface area contributed by atoms with Gasteiger partial charge < -0.3 is 15.0 Å². The standard InChI is InChI=1S/C17H22BrN5O2S/c1-3-23-16(22-6-8-25-9-7-22)20-21-17(23)26-11-15(24)19-13-4-5-14(18)12(2)10-13/h4-5,10H,3,6-9,11H2,1-2H3,(H,19,24). The van der Waals surface area contributed by atoms with Gasteiger partial charge in [-0.3, -0.25) is 9.36 Å². The summed E-state index contributed by atoms with van der Waals surface area (Å²) in [5.74, 6) is 1.08. The van der Waals surface area contributed by atoms with Crippen LogP contribution in [0.25, 0.3) is 0 Å². The van der Waals surface area contributed by atoms with E-state index in [9.17, 15) is 4.79 Å². The number of hydrogen-bond donors (Lipinski definition) is 1. The van der Waals surface area contributed by atoms with E-state index in [0.717, 1.165) is 46.5 Å². The number of nitrogens with one attached hydrogen (secondary N) is 1. The molecule has 1 N–H and O–H groups in total. The molecule has 9 heteroatoms. The normalized spacial score (nSPS) is 14.5. The van der Waals surface area contributed by atoms with Crippen molar-refractivity contribution in [3.8, 4) is 0 Å². The minimum Gasteiger partial charge on any atom is -0.378 e. The molecule has 7 nitrogen and oxygen atoms in total. The van der Waals surface area contributed by atoms with Gasteiger partial charge in [-0.25, -0.2) is 0 Å². The predicted molar refractivity (Wildman–Crippen MR) is 107 cm³/mol. The van der Waals surface area contributed by atoms with Crippen LogP contribution in [0.5, 0.6) is 0 Å². The quantitative estimate of drug-likeness (QED) is 0.697. The zero-order valence-electron chi connectivity index (χ0n) is 14.9. The van der Waals surface area contributed by atoms with Gasteiger partial charge in [0.2, 0.25) is 11.9 Å². The lowest BCUT2D eigenvalue weighted by Gasteiger charge is -2.27. The van der Waals surface area contributed by atoms with Crippen molar-refractivity contribution in [3.05, 3.63) is 28.2 Å². The SMILES string of the molecule is CCn1c(SCC(=O)Nc2ccc(Br)c(C)c2)nnc1N1CCOCC1. The van der Waals surface area contributed by atoms with Crippen molar-refractivity contribution in [2.45, 2.75) is 25.5 Å². The smallest absolute Gasteiger partial charge is 0.234 e. The zero-order valence-corrected chi connectivity index (χ0v) is 17.3. The molecule has 0 aliphatic carbocycles. The summed E-state index contributed by atoms with van der Waals surface area (Å²) in [4.78, 5) is 14.4. The molecule has 1 aromatic carbocycles. The lowest BCUT2D eigenvalue weighted by Crippen LogP contribution is -2.38. The van der Waals surface area contributed by atoms with Gasteiger partial charge in [-0.15, -0.1) is 10.2 Å². The molecule has 0 spiro atoms. The fraction of sp³-hybridized carbons (Fsp3) is 0.471. The molecule has 0 bridgehead atoms. The Morgan fingerprint density at radius 1 is 1.35 bits per heavy atom. The molecule has 1 amide bonds. The number of thioether (sulfide) groups is 1. The molecular formula is C17H22BrN5O2S. The number of carbonyl (C=O) groups is 1. The minimum atomic E-state index is -0.0599. The maximum absolute atomic E-state index is 12.3. The molecule has 2 heterocycles. The summed E-state index contributed by atoms with van der Waals surface area (Å²) >= 11 is 4.86. The second-order valence-corrected chi connectivity index (χ2v) is 7.72. The number of amides is 1. The average molecular weight is 440 g/mol. The Morgan fingerprint density at radius 3 is 2.81 bits per heavy atom. The molecule has 0 atom stereocenters. The van der Waals surface area contributed by atoms with Crippen LogP contribution in [-0.4, -0.2) is 52.7 Å². The Bertz CT molecular complexity index is 777. The topological polar surface area (TPSA) is 72.3 Å². The minimum absolute atomic E-state index is 0.0599. The molecule has 26 heavy (non-hydrogen) atoms. The molecular weight excluding hydrogens is 418 g/mol. The van der Waals surface area contributed by atoms with Crippen LogP contribution in [0.2, 0.25) is 0 Å². The Kier molecular flexibility index (Phi) is 6.55. The number of benzene rings is 1. The van der Waals surface area contributed by atoms with Crippen LogP contribution >= 0.6 is 27.7 Å². The highest BCUT2D eigenvalue weighted by Crippen LogP contribution is 2.24. The highest BCUT2D eigenvalue weighted by atomic mass is 79.9. The first-order chi connectivity index (χ1) is 12.6. The van der Waals surface area contributed by atoms with E-state index in [2.05, 4.69) is 43.3 Å². The molecule has 1 aliphatic rings. The van der Waals surface area contributed by atoms with Gasteiger partial charge in [0.05, 0.1) is 19.0 Å². The monoisotopic (exact) mass is 439 g/mol. The first-order valence-electron chi connectivity index (χ1n) is 8.53. The van der Waals surface area contributed by atoms with Crippen molar-refractivity contribution in [2.24, 2.45) is 0 Å². The highest BCUT2D eigenvalue weighted by Gasteiger charge is 2.20. The first-order valence-corrected chi connectivity index (χ1v) is 10.3. The summed E-state index contributed by atoms with van der Waals surface area (Å²) in [6.07, 6.45) is 0. The van der Waals surface area contributed by atoms with Crippen LogP contribution in [0.4, 0.5) is 11.6 Å². The van der Waals surface area contributed by atoms with E-state index in [1.165, 1.54) is 11.8 Å². The second-order valence-electron chi connectivity index (χ2n) is 5.93. The van der Waals surface area contributed by atoms with Gasteiger partial charge in [0.1, 0.15) is 0 Å². The molecule has 1 aliphatic heterocycles. The summed E-state index contributed by atoms with van der Waals surface area (Å²) in [7, 11) is 0. The van der Waals surface area contributed by atoms with Crippen molar-refractivity contribution in [1.29, 1.82) is 0 Å². The number of carbonyl (C=O) groups excluding carboxylic acids is 1. The van der Waals surface area contributed by atoms with Gasteiger partial charge in [-0.05, 0) is 37.6 Å². The molecule has 140 valence electrons. The summed E-state index contributed by atoms with van der Waals surface area (Å²) in [6.45, 7) is 7.84. The van der Waals surface area contributed by atoms with E-state index < -0.39 is 0 Å². The molecule has 2 aromatic rings. The van der Waals surface area contributed by atoms with Gasteiger partial charge >= 0.3 is 0 Å². The molecule has 0 radical (unpaired) electrons. The van der Waals surface area contributed by atoms with E-state index in [1.807, 2.05) is 29.7 Å². The number of ether oxygens (including phenoxy) is 1. The number of morpholine rings is 1. The highest BCUT2D eigenvalue weighted by molar-refractivity contribution is 9.10. The van der Waals surface area contributed by atoms with Crippen molar-refractivity contribution in [1.82, 2.24) is 14.8 Å². The summed E-state index contributed by atoms with van der Waals surface area (Å²) in [5.41, 5.74) is 1.87. The van der Waals surface area contributed by atoms with Gasteiger partial charge in [0, 0.05) is 29.8 Å². The number of aryl methyl sites for hydroxylation is 1. The van der Waals surface area contributed by atoms with Crippen molar-refractivity contribution in [3.63, 3.8) is 0 Å². The Morgan fingerprint density at radius 2 is 2.12 bits per heavy atom. The number of halogens is 1. The molecule has 1 aromatic heterocycles. The van der Waals surface area contributed by atoms with Crippen molar-refractivity contribution in [2.75, 3.05) is 42.3 Å². The maximum Gasteiger partial charge on any atom is 0.234 e. The van der Waals surface area contributed by atoms with E-state index in [4.69, 9.17) is 4.74 Å². The Labute approximate surface area is 165 Å². The molecule has 1 fully saturated rings. The van der Waals surface area contributed by atoms with Crippen LogP contribution in [0, 0.1) is 6.92 Å². The van der Waals surface area contributed by atoms with Crippen LogP contribution in [0.1, 0.15) is 12.5 Å². The van der Waals surface area contributed by atoms with Crippen molar-refractivity contribution >= 4 is 45.2 Å². The third kappa shape index (κ3) is 4.57. The van der Waals surface area contributed by atoms with Crippen LogP contribution < -0.4 is 10.2 Å². The van der Waals surface area contributed by atoms with Crippen LogP contribution in [0.15, 0.2) is 27.8 Å². The third-order valence-corrected chi connectivity index (χ3v) is 5.94. The molecule has 3 rings (SSSR count). The van der Waals surface area contributed by atoms with E-state index in [1.54, 1.807) is 0 Å². The van der Waals surface area contributed by atoms with E-state index in [0.29, 0.717) is 13.2 Å². The number of rotatable bonds is 6. The third-order valence-electron chi connectivity index (χ3n) is 4.08. The summed E-state index contributed by atoms with van der Waals surface area (Å²) in [6, 6.07) is 5.75. The van der Waals surface area contributed by atoms with Gasteiger partial charge in [-0.2, -0.15) is 0 Å².